The van der Waals surface area contributed by atoms with Crippen LogP contribution >= 0.6 is 7.43 Å². The Morgan fingerprint density at radius 2 is 1.80 bits per heavy atom. The monoisotopic (exact) mass is 438 g/mol. The van der Waals surface area contributed by atoms with Crippen molar-refractivity contribution < 1.29 is 23.8 Å². The summed E-state index contributed by atoms with van der Waals surface area (Å²) in [6.07, 6.45) is 3.24. The van der Waals surface area contributed by atoms with E-state index in [0.717, 1.165) is 17.7 Å². The van der Waals surface area contributed by atoms with E-state index in [1.807, 2.05) is 64.1 Å². The first kappa shape index (κ1) is 24.6. The van der Waals surface area contributed by atoms with Gasteiger partial charge < -0.3 is 0 Å². The quantitative estimate of drug-likeness (QED) is 0.351. The molecule has 0 bridgehead atoms. The van der Waals surface area contributed by atoms with Gasteiger partial charge in [-0.05, 0) is 0 Å². The zero-order chi connectivity index (χ0) is 22.2. The SMILES string of the molecule is CC(C)N(C(C)C)P(O)(O)(CCC#N)OCCCCC1=COC(c2ccccc2)O1. The van der Waals surface area contributed by atoms with Gasteiger partial charge in [0.25, 0.3) is 0 Å². The number of nitrogens with zero attached hydrogens (tertiary/aromatic N) is 2. The third kappa shape index (κ3) is 6.41. The Morgan fingerprint density at radius 3 is 2.40 bits per heavy atom. The first-order chi connectivity index (χ1) is 14.2. The van der Waals surface area contributed by atoms with Gasteiger partial charge in [0, 0.05) is 0 Å². The normalized spacial score (nSPS) is 17.9. The summed E-state index contributed by atoms with van der Waals surface area (Å²) < 4.78 is 18.8. The van der Waals surface area contributed by atoms with Gasteiger partial charge in [-0.3, -0.25) is 0 Å². The number of rotatable bonds is 12. The molecule has 0 saturated heterocycles. The molecule has 2 N–H and O–H groups in total. The fourth-order valence-electron chi connectivity index (χ4n) is 3.88. The van der Waals surface area contributed by atoms with E-state index in [9.17, 15) is 9.79 Å². The van der Waals surface area contributed by atoms with Crippen LogP contribution in [-0.4, -0.2) is 39.3 Å². The fourth-order valence-corrected chi connectivity index (χ4v) is 7.22. The zero-order valence-electron chi connectivity index (χ0n) is 18.4. The molecule has 1 aliphatic rings. The van der Waals surface area contributed by atoms with E-state index in [1.165, 1.54) is 0 Å². The number of unbranched alkanes of at least 4 members (excludes halogenated alkanes) is 1. The predicted molar refractivity (Wildman–Crippen MR) is 118 cm³/mol. The van der Waals surface area contributed by atoms with Gasteiger partial charge in [0.05, 0.1) is 0 Å². The van der Waals surface area contributed by atoms with Crippen LogP contribution in [0.3, 0.4) is 0 Å². The van der Waals surface area contributed by atoms with E-state index < -0.39 is 13.7 Å². The number of ether oxygens (including phenoxy) is 2. The van der Waals surface area contributed by atoms with Gasteiger partial charge >= 0.3 is 180 Å². The third-order valence-electron chi connectivity index (χ3n) is 4.96. The number of allylic oxidation sites excluding steroid dienone is 1. The summed E-state index contributed by atoms with van der Waals surface area (Å²) in [5.74, 6) is 0.768. The minimum atomic E-state index is -4.61. The van der Waals surface area contributed by atoms with E-state index in [-0.39, 0.29) is 31.3 Å². The molecule has 1 aromatic rings. The Balaban J connectivity index is 1.85. The third-order valence-corrected chi connectivity index (χ3v) is 8.53. The molecule has 7 nitrogen and oxygen atoms in total. The van der Waals surface area contributed by atoms with Gasteiger partial charge in [-0.15, -0.1) is 0 Å². The van der Waals surface area contributed by atoms with Crippen LogP contribution in [0.4, 0.5) is 0 Å². The second kappa shape index (κ2) is 10.6. The molecule has 0 spiro atoms. The van der Waals surface area contributed by atoms with Crippen molar-refractivity contribution in [2.45, 2.75) is 71.8 Å². The van der Waals surface area contributed by atoms with Gasteiger partial charge in [-0.25, -0.2) is 0 Å². The van der Waals surface area contributed by atoms with Crippen molar-refractivity contribution in [3.8, 4) is 6.07 Å². The van der Waals surface area contributed by atoms with Crippen LogP contribution < -0.4 is 0 Å². The van der Waals surface area contributed by atoms with Gasteiger partial charge in [0.2, 0.25) is 0 Å². The number of hydrogen-bond acceptors (Lipinski definition) is 7. The van der Waals surface area contributed by atoms with Crippen LogP contribution in [0, 0.1) is 11.3 Å². The minimum absolute atomic E-state index is 0.0275. The van der Waals surface area contributed by atoms with Crippen molar-refractivity contribution in [2.24, 2.45) is 0 Å². The molecule has 30 heavy (non-hydrogen) atoms. The maximum absolute atomic E-state index is 11.3. The Morgan fingerprint density at radius 1 is 1.13 bits per heavy atom. The summed E-state index contributed by atoms with van der Waals surface area (Å²) in [6.45, 7) is 7.79. The molecule has 2 rings (SSSR count). The average molecular weight is 439 g/mol. The Hall–Kier alpha value is -1.68. The summed E-state index contributed by atoms with van der Waals surface area (Å²) in [6, 6.07) is 11.5. The molecule has 0 aromatic heterocycles. The second-order valence-corrected chi connectivity index (χ2v) is 11.4. The topological polar surface area (TPSA) is 95.2 Å². The standard InChI is InChI=1S/C22H35N2O5P/c1-18(2)24(19(3)4)30(25,26,16-10-14-23)28-15-9-8-13-21-17-27-22(29-21)20-11-6-5-7-12-20/h5-7,11-12,17-19,22,25-26H,8-10,13,15-16H2,1-4H3. The van der Waals surface area contributed by atoms with Crippen LogP contribution in [0.5, 0.6) is 0 Å². The van der Waals surface area contributed by atoms with Crippen LogP contribution in [0.25, 0.3) is 0 Å². The molecule has 0 aliphatic carbocycles. The van der Waals surface area contributed by atoms with Crippen molar-refractivity contribution in [3.63, 3.8) is 0 Å². The summed E-state index contributed by atoms with van der Waals surface area (Å²) in [5.41, 5.74) is 0.963. The number of benzene rings is 1. The Kier molecular flexibility index (Phi) is 8.66. The Bertz CT molecular complexity index is 738. The summed E-state index contributed by atoms with van der Waals surface area (Å²) >= 11 is 0. The van der Waals surface area contributed by atoms with Crippen LogP contribution in [0.1, 0.15) is 65.2 Å². The van der Waals surface area contributed by atoms with E-state index in [0.29, 0.717) is 12.8 Å². The van der Waals surface area contributed by atoms with Crippen molar-refractivity contribution in [1.82, 2.24) is 4.67 Å². The molecule has 1 atom stereocenters. The van der Waals surface area contributed by atoms with Crippen molar-refractivity contribution in [2.75, 3.05) is 12.8 Å². The van der Waals surface area contributed by atoms with Crippen LogP contribution in [-0.2, 0) is 14.0 Å². The van der Waals surface area contributed by atoms with E-state index in [1.54, 1.807) is 10.9 Å². The molecular formula is C22H35N2O5P. The molecule has 1 aliphatic heterocycles. The molecule has 0 amide bonds. The summed E-state index contributed by atoms with van der Waals surface area (Å²) in [7, 11) is -4.61. The van der Waals surface area contributed by atoms with Crippen molar-refractivity contribution in [1.29, 1.82) is 5.26 Å². The van der Waals surface area contributed by atoms with Crippen molar-refractivity contribution in [3.05, 3.63) is 47.9 Å². The van der Waals surface area contributed by atoms with Gasteiger partial charge in [0.1, 0.15) is 0 Å². The van der Waals surface area contributed by atoms with E-state index >= 15 is 0 Å². The predicted octanol–water partition coefficient (Wildman–Crippen LogP) is 4.99. The van der Waals surface area contributed by atoms with Crippen LogP contribution in [0.15, 0.2) is 42.4 Å². The van der Waals surface area contributed by atoms with Crippen molar-refractivity contribution >= 4 is 7.43 Å². The number of nitriles is 1. The summed E-state index contributed by atoms with van der Waals surface area (Å²) in [5, 5.41) is 8.98. The molecule has 0 radical (unpaired) electrons. The van der Waals surface area contributed by atoms with Gasteiger partial charge in [-0.2, -0.15) is 0 Å². The molecular weight excluding hydrogens is 403 g/mol. The molecule has 168 valence electrons. The van der Waals surface area contributed by atoms with Gasteiger partial charge in [-0.1, -0.05) is 0 Å². The molecule has 8 heteroatoms. The Labute approximate surface area is 180 Å². The molecule has 0 fully saturated rings. The first-order valence-corrected chi connectivity index (χ1v) is 12.7. The molecule has 1 unspecified atom stereocenters. The maximum atomic E-state index is 11.3. The fraction of sp³-hybridized carbons (Fsp3) is 0.591. The van der Waals surface area contributed by atoms with Gasteiger partial charge in [0.15, 0.2) is 0 Å². The van der Waals surface area contributed by atoms with Crippen LogP contribution in [0.2, 0.25) is 0 Å². The first-order valence-electron chi connectivity index (χ1n) is 10.5. The summed E-state index contributed by atoms with van der Waals surface area (Å²) in [4.78, 5) is 22.5. The molecule has 1 aromatic carbocycles. The average Bonchev–Trinajstić information content (AvgIpc) is 3.15. The molecule has 1 heterocycles. The zero-order valence-corrected chi connectivity index (χ0v) is 19.3. The molecule has 0 saturated carbocycles. The number of hydrogen-bond donors (Lipinski definition) is 2. The van der Waals surface area contributed by atoms with E-state index in [2.05, 4.69) is 0 Å². The van der Waals surface area contributed by atoms with E-state index in [4.69, 9.17) is 19.3 Å². The second-order valence-electron chi connectivity index (χ2n) is 8.14.